The smallest absolute Gasteiger partial charge is 0.344 e. The first-order valence-corrected chi connectivity index (χ1v) is 9.59. The number of carbonyl (C=O) groups is 1. The first-order valence-electron chi connectivity index (χ1n) is 9.59. The fourth-order valence-electron chi connectivity index (χ4n) is 3.31. The van der Waals surface area contributed by atoms with Crippen LogP contribution in [0.25, 0.3) is 22.1 Å². The molecule has 2 aromatic carbocycles. The van der Waals surface area contributed by atoms with Gasteiger partial charge in [-0.05, 0) is 48.7 Å². The van der Waals surface area contributed by atoms with E-state index in [1.807, 2.05) is 18.2 Å². The van der Waals surface area contributed by atoms with Crippen molar-refractivity contribution >= 4 is 22.6 Å². The van der Waals surface area contributed by atoms with E-state index >= 15 is 0 Å². The third-order valence-corrected chi connectivity index (χ3v) is 4.69. The topological polar surface area (TPSA) is 59.8 Å². The molecule has 1 heterocycles. The third-order valence-electron chi connectivity index (χ3n) is 4.69. The predicted molar refractivity (Wildman–Crippen MR) is 112 cm³/mol. The quantitative estimate of drug-likeness (QED) is 0.433. The Bertz CT molecular complexity index is 1010. The molecule has 0 N–H and O–H groups in total. The Morgan fingerprint density at radius 1 is 1.00 bits per heavy atom. The van der Waals surface area contributed by atoms with Gasteiger partial charge in [-0.15, -0.1) is 0 Å². The van der Waals surface area contributed by atoms with Crippen molar-refractivity contribution in [2.24, 2.45) is 0 Å². The number of carbonyl (C=O) groups excluding carboxylic acids is 1. The molecule has 146 valence electrons. The minimum Gasteiger partial charge on any atom is -0.465 e. The van der Waals surface area contributed by atoms with E-state index in [4.69, 9.17) is 9.15 Å². The molecule has 0 amide bonds. The maximum absolute atomic E-state index is 12.6. The molecule has 0 spiro atoms. The highest BCUT2D eigenvalue weighted by Gasteiger charge is 2.12. The van der Waals surface area contributed by atoms with E-state index in [-0.39, 0.29) is 0 Å². The van der Waals surface area contributed by atoms with E-state index in [0.717, 1.165) is 37.0 Å². The normalized spacial score (nSPS) is 10.8. The number of anilines is 1. The minimum atomic E-state index is -0.409. The molecule has 0 aliphatic rings. The molecule has 3 rings (SSSR count). The predicted octanol–water partition coefficient (Wildman–Crippen LogP) is 4.87. The number of fused-ring (bicyclic) bond motifs is 1. The summed E-state index contributed by atoms with van der Waals surface area (Å²) in [5.74, 6) is -0.409. The Morgan fingerprint density at radius 2 is 1.68 bits per heavy atom. The molecule has 0 saturated carbocycles. The maximum Gasteiger partial charge on any atom is 0.344 e. The van der Waals surface area contributed by atoms with Crippen molar-refractivity contribution in [3.05, 3.63) is 64.5 Å². The lowest BCUT2D eigenvalue weighted by Crippen LogP contribution is -2.24. The fourth-order valence-corrected chi connectivity index (χ4v) is 3.31. The van der Waals surface area contributed by atoms with Gasteiger partial charge in [-0.25, -0.2) is 9.59 Å². The second kappa shape index (κ2) is 8.74. The lowest BCUT2D eigenvalue weighted by atomic mass is 10.0. The van der Waals surface area contributed by atoms with Gasteiger partial charge in [0.25, 0.3) is 0 Å². The van der Waals surface area contributed by atoms with Crippen LogP contribution < -0.4 is 10.5 Å². The zero-order chi connectivity index (χ0) is 20.1. The van der Waals surface area contributed by atoms with Crippen LogP contribution in [0.1, 0.15) is 37.0 Å². The monoisotopic (exact) mass is 379 g/mol. The summed E-state index contributed by atoms with van der Waals surface area (Å²) < 4.78 is 10.3. The highest BCUT2D eigenvalue weighted by atomic mass is 16.5. The summed E-state index contributed by atoms with van der Waals surface area (Å²) in [4.78, 5) is 26.5. The van der Waals surface area contributed by atoms with E-state index in [1.54, 1.807) is 24.3 Å². The van der Waals surface area contributed by atoms with Gasteiger partial charge in [-0.2, -0.15) is 0 Å². The van der Waals surface area contributed by atoms with Crippen molar-refractivity contribution in [2.75, 3.05) is 25.1 Å². The fraction of sp³-hybridized carbons (Fsp3) is 0.304. The number of hydrogen-bond acceptors (Lipinski definition) is 5. The Labute approximate surface area is 164 Å². The van der Waals surface area contributed by atoms with Gasteiger partial charge in [-0.3, -0.25) is 0 Å². The van der Waals surface area contributed by atoms with Gasteiger partial charge in [-0.1, -0.05) is 26.0 Å². The molecule has 0 saturated heterocycles. The number of benzene rings is 2. The number of esters is 1. The number of rotatable bonds is 7. The number of nitrogens with zero attached hydrogens (tertiary/aromatic N) is 1. The Balaban J connectivity index is 1.98. The van der Waals surface area contributed by atoms with Gasteiger partial charge in [0.2, 0.25) is 0 Å². The van der Waals surface area contributed by atoms with Crippen molar-refractivity contribution in [2.45, 2.75) is 26.7 Å². The average Bonchev–Trinajstić information content (AvgIpc) is 2.72. The van der Waals surface area contributed by atoms with Crippen LogP contribution >= 0.6 is 0 Å². The summed E-state index contributed by atoms with van der Waals surface area (Å²) in [5.41, 5.74) is 2.85. The maximum atomic E-state index is 12.6. The Hall–Kier alpha value is -3.08. The van der Waals surface area contributed by atoms with Crippen LogP contribution in [0, 0.1) is 0 Å². The second-order valence-electron chi connectivity index (χ2n) is 6.73. The van der Waals surface area contributed by atoms with E-state index in [1.165, 1.54) is 7.11 Å². The van der Waals surface area contributed by atoms with Crippen molar-refractivity contribution in [3.8, 4) is 11.1 Å². The summed E-state index contributed by atoms with van der Waals surface area (Å²) in [5, 5.41) is 0.864. The molecule has 0 radical (unpaired) electrons. The van der Waals surface area contributed by atoms with E-state index in [9.17, 15) is 9.59 Å². The van der Waals surface area contributed by atoms with Gasteiger partial charge in [0, 0.05) is 30.2 Å². The first kappa shape index (κ1) is 19.7. The molecule has 1 aromatic heterocycles. The van der Waals surface area contributed by atoms with E-state index in [2.05, 4.69) is 24.8 Å². The lowest BCUT2D eigenvalue weighted by Gasteiger charge is -2.23. The van der Waals surface area contributed by atoms with E-state index in [0.29, 0.717) is 22.3 Å². The van der Waals surface area contributed by atoms with Crippen LogP contribution in [0.2, 0.25) is 0 Å². The second-order valence-corrected chi connectivity index (χ2v) is 6.73. The highest BCUT2D eigenvalue weighted by Crippen LogP contribution is 2.26. The van der Waals surface area contributed by atoms with Gasteiger partial charge >= 0.3 is 11.6 Å². The summed E-state index contributed by atoms with van der Waals surface area (Å²) in [6.07, 6.45) is 2.12. The summed E-state index contributed by atoms with van der Waals surface area (Å²) in [6.45, 7) is 6.24. The molecule has 0 aliphatic heterocycles. The van der Waals surface area contributed by atoms with Gasteiger partial charge in [0.15, 0.2) is 0 Å². The van der Waals surface area contributed by atoms with Gasteiger partial charge < -0.3 is 14.1 Å². The van der Waals surface area contributed by atoms with Crippen molar-refractivity contribution in [1.82, 2.24) is 0 Å². The van der Waals surface area contributed by atoms with Crippen molar-refractivity contribution in [3.63, 3.8) is 0 Å². The Kier molecular flexibility index (Phi) is 6.14. The van der Waals surface area contributed by atoms with Crippen molar-refractivity contribution < 1.29 is 13.9 Å². The van der Waals surface area contributed by atoms with Crippen LogP contribution in [0.5, 0.6) is 0 Å². The molecule has 5 nitrogen and oxygen atoms in total. The minimum absolute atomic E-state index is 0.395. The summed E-state index contributed by atoms with van der Waals surface area (Å²) in [7, 11) is 1.34. The van der Waals surface area contributed by atoms with Crippen LogP contribution in [0.3, 0.4) is 0 Å². The molecule has 0 fully saturated rings. The molecule has 3 aromatic rings. The number of ether oxygens (including phenoxy) is 1. The lowest BCUT2D eigenvalue weighted by molar-refractivity contribution is 0.0601. The average molecular weight is 379 g/mol. The van der Waals surface area contributed by atoms with E-state index < -0.39 is 11.6 Å². The first-order chi connectivity index (χ1) is 13.6. The molecular formula is C23H25NO4. The summed E-state index contributed by atoms with van der Waals surface area (Å²) in [6, 6.07) is 14.6. The molecule has 0 unspecified atom stereocenters. The Morgan fingerprint density at radius 3 is 2.29 bits per heavy atom. The van der Waals surface area contributed by atoms with Crippen LogP contribution in [-0.4, -0.2) is 26.2 Å². The molecule has 5 heteroatoms. The zero-order valence-electron chi connectivity index (χ0n) is 16.5. The van der Waals surface area contributed by atoms with Crippen LogP contribution in [0.15, 0.2) is 57.7 Å². The SMILES string of the molecule is CCCN(CCC)c1ccc2cc(-c3ccc(C(=O)OC)cc3)c(=O)oc2c1. The van der Waals surface area contributed by atoms with Gasteiger partial charge in [0.1, 0.15) is 5.58 Å². The number of hydrogen-bond donors (Lipinski definition) is 0. The zero-order valence-corrected chi connectivity index (χ0v) is 16.5. The van der Waals surface area contributed by atoms with Crippen LogP contribution in [0.4, 0.5) is 5.69 Å². The van der Waals surface area contributed by atoms with Crippen LogP contribution in [-0.2, 0) is 4.74 Å². The number of methoxy groups -OCH3 is 1. The molecule has 0 bridgehead atoms. The third kappa shape index (κ3) is 4.09. The molecular weight excluding hydrogens is 354 g/mol. The van der Waals surface area contributed by atoms with Crippen molar-refractivity contribution in [1.29, 1.82) is 0 Å². The molecule has 28 heavy (non-hydrogen) atoms. The molecule has 0 atom stereocenters. The summed E-state index contributed by atoms with van der Waals surface area (Å²) >= 11 is 0. The van der Waals surface area contributed by atoms with Gasteiger partial charge in [0.05, 0.1) is 18.2 Å². The highest BCUT2D eigenvalue weighted by molar-refractivity contribution is 5.90. The standard InChI is InChI=1S/C23H25NO4/c1-4-12-24(13-5-2)19-11-10-18-14-20(23(26)28-21(18)15-19)16-6-8-17(9-7-16)22(25)27-3/h6-11,14-15H,4-5,12-13H2,1-3H3. The largest absolute Gasteiger partial charge is 0.465 e. The molecule has 0 aliphatic carbocycles.